The summed E-state index contributed by atoms with van der Waals surface area (Å²) >= 11 is 0. The molecule has 216 valence electrons. The molecule has 0 atom stereocenters. The van der Waals surface area contributed by atoms with Gasteiger partial charge < -0.3 is 0 Å². The zero-order chi connectivity index (χ0) is 30.9. The monoisotopic (exact) mass is 584 g/mol. The maximum atomic E-state index is 3.64. The highest BCUT2D eigenvalue weighted by Crippen LogP contribution is 2.52. The Morgan fingerprint density at radius 2 is 1.00 bits per heavy atom. The van der Waals surface area contributed by atoms with E-state index in [-0.39, 0.29) is 10.8 Å². The minimum Gasteiger partial charge on any atom is -0.0619 e. The van der Waals surface area contributed by atoms with Crippen molar-refractivity contribution in [3.8, 4) is 44.5 Å². The summed E-state index contributed by atoms with van der Waals surface area (Å²) in [5, 5.41) is 7.84. The Labute approximate surface area is 270 Å². The van der Waals surface area contributed by atoms with Crippen molar-refractivity contribution in [2.45, 2.75) is 38.5 Å². The maximum absolute atomic E-state index is 3.64. The smallest absolute Gasteiger partial charge is 0.0365 e. The van der Waals surface area contributed by atoms with E-state index in [2.05, 4.69) is 161 Å². The summed E-state index contributed by atoms with van der Waals surface area (Å²) in [5.41, 5.74) is 15.4. The lowest BCUT2D eigenvalue weighted by atomic mass is 9.80. The van der Waals surface area contributed by atoms with Crippen molar-refractivity contribution in [3.63, 3.8) is 0 Å². The first kappa shape index (κ1) is 25.9. The summed E-state index contributed by atoms with van der Waals surface area (Å²) < 4.78 is 0. The van der Waals surface area contributed by atoms with Gasteiger partial charge in [-0.05, 0) is 106 Å². The molecule has 0 spiro atoms. The van der Waals surface area contributed by atoms with Crippen molar-refractivity contribution in [1.29, 1.82) is 0 Å². The Hall–Kier alpha value is -5.38. The molecule has 0 aliphatic heterocycles. The van der Waals surface area contributed by atoms with Crippen molar-refractivity contribution >= 4 is 32.3 Å². The molecule has 2 aliphatic carbocycles. The van der Waals surface area contributed by atoms with Gasteiger partial charge >= 0.3 is 0 Å². The highest BCUT2D eigenvalue weighted by molar-refractivity contribution is 6.25. The van der Waals surface area contributed by atoms with Gasteiger partial charge in [0.1, 0.15) is 0 Å². The zero-order valence-electron chi connectivity index (χ0n) is 26.5. The lowest BCUT2D eigenvalue weighted by molar-refractivity contribution is 0.659. The number of benzene rings is 7. The van der Waals surface area contributed by atoms with Crippen LogP contribution in [0, 0.1) is 12.1 Å². The molecule has 0 unspecified atom stereocenters. The maximum Gasteiger partial charge on any atom is 0.0365 e. The molecule has 10 rings (SSSR count). The second kappa shape index (κ2) is 8.66. The summed E-state index contributed by atoms with van der Waals surface area (Å²) in [6.45, 7) is 9.45. The van der Waals surface area contributed by atoms with Gasteiger partial charge in [-0.1, -0.05) is 143 Å². The Bertz CT molecular complexity index is 2560. The van der Waals surface area contributed by atoms with Crippen molar-refractivity contribution in [2.75, 3.05) is 0 Å². The standard InChI is InChI=1S/C46H32/c1-45(2)39-11-6-5-10-34(39)35-20-16-30(24-40(35)45)31-17-21-36-37-22-18-32(26-42(37)46(3,4)41(36)25-31)33-19-14-29-13-12-27-8-7-9-28-15-23-38(33)44(29)43(27)28/h5-17,19-21,23-26H,1-4H3. The van der Waals surface area contributed by atoms with Crippen molar-refractivity contribution < 1.29 is 0 Å². The summed E-state index contributed by atoms with van der Waals surface area (Å²) in [6.07, 6.45) is 0. The molecule has 0 aromatic heterocycles. The summed E-state index contributed by atoms with van der Waals surface area (Å²) in [6, 6.07) is 52.8. The minimum absolute atomic E-state index is 0.0134. The topological polar surface area (TPSA) is 0 Å². The molecular weight excluding hydrogens is 553 g/mol. The van der Waals surface area contributed by atoms with Crippen LogP contribution in [0.2, 0.25) is 0 Å². The second-order valence-corrected chi connectivity index (χ2v) is 14.4. The third kappa shape index (κ3) is 3.25. The van der Waals surface area contributed by atoms with Gasteiger partial charge in [0.25, 0.3) is 0 Å². The second-order valence-electron chi connectivity index (χ2n) is 14.4. The fourth-order valence-corrected chi connectivity index (χ4v) is 8.76. The molecule has 8 aromatic carbocycles. The first-order valence-electron chi connectivity index (χ1n) is 16.4. The first-order valence-corrected chi connectivity index (χ1v) is 16.4. The SMILES string of the molecule is CC1(C)c2cc(-c3ccc4ccc5cccc6ccc3c4c56)c#cc2-c2ccc(-c3ccc4c(c3)C(C)(C)c3ccccc3-4)cc21. The first-order chi connectivity index (χ1) is 22.3. The highest BCUT2D eigenvalue weighted by atomic mass is 14.4. The summed E-state index contributed by atoms with van der Waals surface area (Å²) in [4.78, 5) is 0. The van der Waals surface area contributed by atoms with Crippen LogP contribution in [0.4, 0.5) is 0 Å². The van der Waals surface area contributed by atoms with E-state index in [0.717, 1.165) is 5.56 Å². The zero-order valence-corrected chi connectivity index (χ0v) is 26.5. The molecular formula is C46H32. The van der Waals surface area contributed by atoms with Gasteiger partial charge in [-0.15, -0.1) is 0 Å². The van der Waals surface area contributed by atoms with Gasteiger partial charge in [-0.25, -0.2) is 0 Å². The van der Waals surface area contributed by atoms with Crippen molar-refractivity contribution in [2.24, 2.45) is 0 Å². The molecule has 0 radical (unpaired) electrons. The van der Waals surface area contributed by atoms with Gasteiger partial charge in [0.2, 0.25) is 0 Å². The number of fused-ring (bicyclic) bond motifs is 6. The van der Waals surface area contributed by atoms with Crippen LogP contribution in [0.3, 0.4) is 0 Å². The third-order valence-electron chi connectivity index (χ3n) is 11.3. The van der Waals surface area contributed by atoms with Crippen LogP contribution in [-0.2, 0) is 10.8 Å². The fraction of sp³-hybridized carbons (Fsp3) is 0.130. The van der Waals surface area contributed by atoms with Crippen LogP contribution in [0.25, 0.3) is 76.8 Å². The molecule has 0 amide bonds. The molecule has 0 nitrogen and oxygen atoms in total. The van der Waals surface area contributed by atoms with Gasteiger partial charge in [0.15, 0.2) is 0 Å². The third-order valence-corrected chi connectivity index (χ3v) is 11.3. The fourth-order valence-electron chi connectivity index (χ4n) is 8.76. The number of rotatable bonds is 2. The van der Waals surface area contributed by atoms with E-state index in [1.807, 2.05) is 0 Å². The molecule has 46 heavy (non-hydrogen) atoms. The molecule has 0 N–H and O–H groups in total. The molecule has 8 aromatic rings. The minimum atomic E-state index is -0.156. The van der Waals surface area contributed by atoms with Crippen molar-refractivity contribution in [3.05, 3.63) is 156 Å². The van der Waals surface area contributed by atoms with Crippen molar-refractivity contribution in [1.82, 2.24) is 0 Å². The Morgan fingerprint density at radius 3 is 1.78 bits per heavy atom. The molecule has 0 fully saturated rings. The van der Waals surface area contributed by atoms with E-state index in [0.29, 0.717) is 0 Å². The molecule has 0 saturated carbocycles. The highest BCUT2D eigenvalue weighted by Gasteiger charge is 2.37. The van der Waals surface area contributed by atoms with E-state index < -0.39 is 0 Å². The van der Waals surface area contributed by atoms with Gasteiger partial charge in [-0.3, -0.25) is 0 Å². The molecule has 0 saturated heterocycles. The quantitative estimate of drug-likeness (QED) is 0.177. The Morgan fingerprint density at radius 1 is 0.413 bits per heavy atom. The predicted molar refractivity (Wildman–Crippen MR) is 194 cm³/mol. The number of hydrogen-bond donors (Lipinski definition) is 0. The van der Waals surface area contributed by atoms with Crippen LogP contribution in [0.1, 0.15) is 49.9 Å². The van der Waals surface area contributed by atoms with E-state index in [1.54, 1.807) is 0 Å². The average molecular weight is 585 g/mol. The van der Waals surface area contributed by atoms with Crippen LogP contribution in [-0.4, -0.2) is 0 Å². The van der Waals surface area contributed by atoms with Crippen LogP contribution < -0.4 is 0 Å². The molecule has 2 aliphatic rings. The van der Waals surface area contributed by atoms with Crippen LogP contribution in [0.15, 0.2) is 121 Å². The van der Waals surface area contributed by atoms with Crippen LogP contribution >= 0.6 is 0 Å². The Kier molecular flexibility index (Phi) is 4.87. The molecule has 0 bridgehead atoms. The predicted octanol–water partition coefficient (Wildman–Crippen LogP) is 12.1. The van der Waals surface area contributed by atoms with Gasteiger partial charge in [-0.2, -0.15) is 0 Å². The van der Waals surface area contributed by atoms with E-state index in [9.17, 15) is 0 Å². The summed E-state index contributed by atoms with van der Waals surface area (Å²) in [7, 11) is 0. The van der Waals surface area contributed by atoms with Gasteiger partial charge in [0, 0.05) is 22.0 Å². The molecule has 0 heterocycles. The lowest BCUT2D eigenvalue weighted by Crippen LogP contribution is -2.15. The van der Waals surface area contributed by atoms with E-state index in [1.165, 1.54) is 93.5 Å². The average Bonchev–Trinajstić information content (AvgIpc) is 3.46. The summed E-state index contributed by atoms with van der Waals surface area (Å²) in [5.74, 6) is 0. The largest absolute Gasteiger partial charge is 0.0619 e. The van der Waals surface area contributed by atoms with E-state index in [4.69, 9.17) is 0 Å². The lowest BCUT2D eigenvalue weighted by Gasteiger charge is -2.23. The van der Waals surface area contributed by atoms with Crippen LogP contribution in [0.5, 0.6) is 0 Å². The van der Waals surface area contributed by atoms with E-state index >= 15 is 0 Å². The van der Waals surface area contributed by atoms with Gasteiger partial charge in [0.05, 0.1) is 0 Å². The normalized spacial score (nSPS) is 15.1. The number of hydrogen-bond acceptors (Lipinski definition) is 0. The Balaban J connectivity index is 1.08. The molecule has 0 heteroatoms.